The van der Waals surface area contributed by atoms with Gasteiger partial charge < -0.3 is 10.8 Å². The van der Waals surface area contributed by atoms with Crippen molar-refractivity contribution in [1.82, 2.24) is 0 Å². The first-order valence-corrected chi connectivity index (χ1v) is 7.26. The molecule has 104 valence electrons. The molecule has 1 unspecified atom stereocenters. The molecule has 1 atom stereocenters. The van der Waals surface area contributed by atoms with E-state index in [2.05, 4.69) is 0 Å². The summed E-state index contributed by atoms with van der Waals surface area (Å²) >= 11 is 0. The van der Waals surface area contributed by atoms with Crippen LogP contribution in [0.15, 0.2) is 24.3 Å². The Morgan fingerprint density at radius 1 is 1.32 bits per heavy atom. The highest BCUT2D eigenvalue weighted by atomic mass is 32.2. The Bertz CT molecular complexity index is 594. The van der Waals surface area contributed by atoms with Gasteiger partial charge in [0.05, 0.1) is 17.4 Å². The molecule has 0 saturated carbocycles. The van der Waals surface area contributed by atoms with Gasteiger partial charge in [0.2, 0.25) is 5.91 Å². The van der Waals surface area contributed by atoms with E-state index in [1.165, 1.54) is 19.1 Å². The van der Waals surface area contributed by atoms with Crippen molar-refractivity contribution in [3.05, 3.63) is 35.4 Å². The van der Waals surface area contributed by atoms with Crippen LogP contribution in [0.25, 0.3) is 0 Å². The Labute approximate surface area is 111 Å². The fourth-order valence-electron chi connectivity index (χ4n) is 1.62. The molecule has 1 aromatic carbocycles. The van der Waals surface area contributed by atoms with E-state index in [1.54, 1.807) is 12.1 Å². The van der Waals surface area contributed by atoms with E-state index in [4.69, 9.17) is 10.8 Å². The van der Waals surface area contributed by atoms with Crippen LogP contribution in [0, 0.1) is 0 Å². The number of hydrogen-bond donors (Lipinski definition) is 2. The van der Waals surface area contributed by atoms with E-state index in [0.29, 0.717) is 0 Å². The predicted octanol–water partition coefficient (Wildman–Crippen LogP) is 0.564. The van der Waals surface area contributed by atoms with E-state index in [1.807, 2.05) is 0 Å². The molecule has 19 heavy (non-hydrogen) atoms. The zero-order valence-corrected chi connectivity index (χ0v) is 11.2. The molecular weight excluding hydrogens is 270 g/mol. The minimum absolute atomic E-state index is 0.133. The van der Waals surface area contributed by atoms with E-state index in [-0.39, 0.29) is 11.1 Å². The van der Waals surface area contributed by atoms with Gasteiger partial charge in [0, 0.05) is 5.56 Å². The molecule has 1 amide bonds. The Morgan fingerprint density at radius 3 is 2.42 bits per heavy atom. The number of sulfone groups is 1. The van der Waals surface area contributed by atoms with Crippen LogP contribution in [0.4, 0.5) is 0 Å². The lowest BCUT2D eigenvalue weighted by molar-refractivity contribution is -0.136. The molecular formula is C12H15NO5S. The zero-order valence-electron chi connectivity index (χ0n) is 10.4. The number of nitrogens with two attached hydrogens (primary N) is 1. The second kappa shape index (κ2) is 5.83. The lowest BCUT2D eigenvalue weighted by atomic mass is 10.1. The van der Waals surface area contributed by atoms with Crippen molar-refractivity contribution >= 4 is 21.7 Å². The van der Waals surface area contributed by atoms with Crippen molar-refractivity contribution in [2.45, 2.75) is 24.3 Å². The molecule has 0 heterocycles. The maximum Gasteiger partial charge on any atom is 0.304 e. The van der Waals surface area contributed by atoms with Crippen LogP contribution in [0.2, 0.25) is 0 Å². The molecule has 0 saturated heterocycles. The monoisotopic (exact) mass is 285 g/mol. The first-order valence-electron chi connectivity index (χ1n) is 5.55. The minimum atomic E-state index is -3.65. The minimum Gasteiger partial charge on any atom is -0.481 e. The van der Waals surface area contributed by atoms with Crippen LogP contribution in [0.3, 0.4) is 0 Å². The van der Waals surface area contributed by atoms with Gasteiger partial charge in [0.25, 0.3) is 0 Å². The second-order valence-corrected chi connectivity index (χ2v) is 6.66. The summed E-state index contributed by atoms with van der Waals surface area (Å²) in [6, 6.07) is 6.11. The number of primary amides is 1. The van der Waals surface area contributed by atoms with Crippen LogP contribution < -0.4 is 5.73 Å². The molecule has 0 aliphatic rings. The molecule has 7 heteroatoms. The number of carboxylic acid groups (broad SMARTS) is 1. The first kappa shape index (κ1) is 15.2. The molecule has 0 bridgehead atoms. The van der Waals surface area contributed by atoms with Crippen LogP contribution >= 0.6 is 0 Å². The van der Waals surface area contributed by atoms with Crippen molar-refractivity contribution in [3.63, 3.8) is 0 Å². The van der Waals surface area contributed by atoms with Gasteiger partial charge >= 0.3 is 5.97 Å². The van der Waals surface area contributed by atoms with E-state index < -0.39 is 39.1 Å². The van der Waals surface area contributed by atoms with E-state index in [0.717, 1.165) is 0 Å². The third-order valence-corrected chi connectivity index (χ3v) is 4.82. The predicted molar refractivity (Wildman–Crippen MR) is 69.3 cm³/mol. The second-order valence-electron chi connectivity index (χ2n) is 4.24. The van der Waals surface area contributed by atoms with E-state index >= 15 is 0 Å². The van der Waals surface area contributed by atoms with Crippen molar-refractivity contribution in [3.8, 4) is 0 Å². The highest BCUT2D eigenvalue weighted by molar-refractivity contribution is 7.91. The number of carbonyl (C=O) groups is 2. The summed E-state index contributed by atoms with van der Waals surface area (Å²) in [6.45, 7) is 1.33. The maximum atomic E-state index is 12.0. The van der Waals surface area contributed by atoms with Crippen molar-refractivity contribution < 1.29 is 23.1 Å². The molecule has 0 spiro atoms. The SMILES string of the molecule is CC(CC(=O)O)S(=O)(=O)Cc1ccccc1C(N)=O. The van der Waals surface area contributed by atoms with Gasteiger partial charge in [-0.1, -0.05) is 18.2 Å². The Balaban J connectivity index is 3.02. The van der Waals surface area contributed by atoms with Crippen LogP contribution in [0.1, 0.15) is 29.3 Å². The quantitative estimate of drug-likeness (QED) is 0.792. The zero-order chi connectivity index (χ0) is 14.6. The van der Waals surface area contributed by atoms with Crippen molar-refractivity contribution in [2.24, 2.45) is 5.73 Å². The number of benzene rings is 1. The summed E-state index contributed by atoms with van der Waals surface area (Å²) < 4.78 is 24.0. The summed E-state index contributed by atoms with van der Waals surface area (Å²) in [4.78, 5) is 21.7. The Hall–Kier alpha value is -1.89. The van der Waals surface area contributed by atoms with E-state index in [9.17, 15) is 18.0 Å². The first-order chi connectivity index (χ1) is 8.74. The van der Waals surface area contributed by atoms with Crippen LogP contribution in [-0.4, -0.2) is 30.7 Å². The van der Waals surface area contributed by atoms with Gasteiger partial charge in [-0.3, -0.25) is 9.59 Å². The smallest absolute Gasteiger partial charge is 0.304 e. The Morgan fingerprint density at radius 2 is 1.89 bits per heavy atom. The van der Waals surface area contributed by atoms with Crippen molar-refractivity contribution in [1.29, 1.82) is 0 Å². The maximum absolute atomic E-state index is 12.0. The van der Waals surface area contributed by atoms with Gasteiger partial charge in [-0.05, 0) is 18.6 Å². The highest BCUT2D eigenvalue weighted by Crippen LogP contribution is 2.17. The molecule has 3 N–H and O–H groups in total. The largest absolute Gasteiger partial charge is 0.481 e. The summed E-state index contributed by atoms with van der Waals surface area (Å²) in [5.41, 5.74) is 5.58. The number of hydrogen-bond acceptors (Lipinski definition) is 4. The average molecular weight is 285 g/mol. The number of carboxylic acids is 1. The number of aliphatic carboxylic acids is 1. The molecule has 6 nitrogen and oxygen atoms in total. The molecule has 0 fully saturated rings. The molecule has 0 aliphatic carbocycles. The normalized spacial score (nSPS) is 12.9. The fraction of sp³-hybridized carbons (Fsp3) is 0.333. The number of carbonyl (C=O) groups excluding carboxylic acids is 1. The van der Waals surface area contributed by atoms with Gasteiger partial charge in [-0.25, -0.2) is 8.42 Å². The summed E-state index contributed by atoms with van der Waals surface area (Å²) in [5.74, 6) is -2.29. The van der Waals surface area contributed by atoms with Crippen LogP contribution in [-0.2, 0) is 20.4 Å². The highest BCUT2D eigenvalue weighted by Gasteiger charge is 2.25. The third-order valence-electron chi connectivity index (χ3n) is 2.71. The Kier molecular flexibility index (Phi) is 4.66. The van der Waals surface area contributed by atoms with Crippen molar-refractivity contribution in [2.75, 3.05) is 0 Å². The summed E-state index contributed by atoms with van der Waals surface area (Å²) in [5, 5.41) is 7.60. The molecule has 0 radical (unpaired) electrons. The molecule has 0 aromatic heterocycles. The lowest BCUT2D eigenvalue weighted by Gasteiger charge is -2.12. The summed E-state index contributed by atoms with van der Waals surface area (Å²) in [6.07, 6.45) is -0.471. The number of rotatable bonds is 6. The standard InChI is InChI=1S/C12H15NO5S/c1-8(6-11(14)15)19(17,18)7-9-4-2-3-5-10(9)12(13)16/h2-5,8H,6-7H2,1H3,(H2,13,16)(H,14,15). The fourth-order valence-corrected chi connectivity index (χ4v) is 2.98. The van der Waals surface area contributed by atoms with Gasteiger partial charge in [-0.15, -0.1) is 0 Å². The average Bonchev–Trinajstić information content (AvgIpc) is 2.27. The molecule has 1 rings (SSSR count). The summed E-state index contributed by atoms with van der Waals surface area (Å²) in [7, 11) is -3.65. The molecule has 0 aliphatic heterocycles. The van der Waals surface area contributed by atoms with Gasteiger partial charge in [0.1, 0.15) is 0 Å². The molecule has 1 aromatic rings. The van der Waals surface area contributed by atoms with Gasteiger partial charge in [0.15, 0.2) is 9.84 Å². The topological polar surface area (TPSA) is 115 Å². The van der Waals surface area contributed by atoms with Gasteiger partial charge in [-0.2, -0.15) is 0 Å². The number of amides is 1. The van der Waals surface area contributed by atoms with Crippen LogP contribution in [0.5, 0.6) is 0 Å². The lowest BCUT2D eigenvalue weighted by Crippen LogP contribution is -2.24. The third kappa shape index (κ3) is 4.06.